The predicted octanol–water partition coefficient (Wildman–Crippen LogP) is 5.38. The van der Waals surface area contributed by atoms with Crippen LogP contribution in [0.5, 0.6) is 5.75 Å². The number of ether oxygens (including phenoxy) is 1. The van der Waals surface area contributed by atoms with Gasteiger partial charge in [-0.2, -0.15) is 0 Å². The smallest absolute Gasteiger partial charge is 0.277 e. The van der Waals surface area contributed by atoms with E-state index in [4.69, 9.17) is 9.15 Å². The summed E-state index contributed by atoms with van der Waals surface area (Å²) in [5.41, 5.74) is 6.28. The highest BCUT2D eigenvalue weighted by atomic mass is 32.2. The Morgan fingerprint density at radius 1 is 1.11 bits per heavy atom. The minimum absolute atomic E-state index is 0.0922. The van der Waals surface area contributed by atoms with E-state index >= 15 is 0 Å². The van der Waals surface area contributed by atoms with Crippen molar-refractivity contribution in [1.29, 1.82) is 0 Å². The molecule has 0 aliphatic heterocycles. The average molecular weight is 397 g/mol. The van der Waals surface area contributed by atoms with Gasteiger partial charge >= 0.3 is 0 Å². The zero-order chi connectivity index (χ0) is 20.3. The zero-order valence-corrected chi connectivity index (χ0v) is 17.6. The van der Waals surface area contributed by atoms with Gasteiger partial charge in [-0.1, -0.05) is 30.0 Å². The monoisotopic (exact) mass is 396 g/mol. The lowest BCUT2D eigenvalue weighted by Crippen LogP contribution is -2.05. The molecule has 5 nitrogen and oxygen atoms in total. The van der Waals surface area contributed by atoms with Crippen LogP contribution < -0.4 is 4.74 Å². The molecular weight excluding hydrogens is 372 g/mol. The molecule has 2 aromatic carbocycles. The molecule has 0 aliphatic carbocycles. The van der Waals surface area contributed by atoms with Crippen molar-refractivity contribution >= 4 is 17.5 Å². The van der Waals surface area contributed by atoms with Crippen molar-refractivity contribution in [2.24, 2.45) is 0 Å². The molecule has 0 saturated carbocycles. The van der Waals surface area contributed by atoms with Gasteiger partial charge < -0.3 is 9.15 Å². The van der Waals surface area contributed by atoms with Crippen LogP contribution in [-0.4, -0.2) is 16.0 Å². The van der Waals surface area contributed by atoms with Gasteiger partial charge in [0.15, 0.2) is 12.4 Å². The van der Waals surface area contributed by atoms with E-state index in [0.29, 0.717) is 16.9 Å². The van der Waals surface area contributed by atoms with Crippen molar-refractivity contribution in [3.8, 4) is 5.75 Å². The van der Waals surface area contributed by atoms with Crippen LogP contribution in [0.15, 0.2) is 40.0 Å². The number of aryl methyl sites for hydroxylation is 3. The molecule has 0 N–H and O–H groups in total. The lowest BCUT2D eigenvalue weighted by atomic mass is 9.92. The second kappa shape index (κ2) is 8.61. The summed E-state index contributed by atoms with van der Waals surface area (Å²) >= 11 is 1.47. The molecule has 0 saturated heterocycles. The molecule has 1 aromatic heterocycles. The SMILES string of the molecule is CC(=O)c1c(C)cc(C)c(CSc2nnc(COc3cccc(C)c3)o2)c1C. The largest absolute Gasteiger partial charge is 0.484 e. The number of hydrogen-bond acceptors (Lipinski definition) is 6. The minimum Gasteiger partial charge on any atom is -0.484 e. The normalized spacial score (nSPS) is 10.9. The fraction of sp³-hybridized carbons (Fsp3) is 0.318. The maximum atomic E-state index is 12.0. The van der Waals surface area contributed by atoms with Crippen molar-refractivity contribution in [2.75, 3.05) is 0 Å². The molecule has 0 amide bonds. The Morgan fingerprint density at radius 2 is 1.89 bits per heavy atom. The molecule has 146 valence electrons. The highest BCUT2D eigenvalue weighted by Gasteiger charge is 2.16. The highest BCUT2D eigenvalue weighted by molar-refractivity contribution is 7.98. The Hall–Kier alpha value is -2.60. The number of thioether (sulfide) groups is 1. The Balaban J connectivity index is 1.66. The molecule has 0 spiro atoms. The van der Waals surface area contributed by atoms with Crippen molar-refractivity contribution in [1.82, 2.24) is 10.2 Å². The topological polar surface area (TPSA) is 65.2 Å². The first kappa shape index (κ1) is 20.1. The van der Waals surface area contributed by atoms with E-state index in [0.717, 1.165) is 39.1 Å². The summed E-state index contributed by atoms with van der Waals surface area (Å²) in [6.45, 7) is 9.90. The van der Waals surface area contributed by atoms with Gasteiger partial charge in [-0.3, -0.25) is 4.79 Å². The predicted molar refractivity (Wildman–Crippen MR) is 110 cm³/mol. The zero-order valence-electron chi connectivity index (χ0n) is 16.8. The summed E-state index contributed by atoms with van der Waals surface area (Å²) < 4.78 is 11.4. The molecule has 28 heavy (non-hydrogen) atoms. The van der Waals surface area contributed by atoms with Gasteiger partial charge in [0.1, 0.15) is 5.75 Å². The number of carbonyl (C=O) groups excluding carboxylic acids is 1. The molecule has 0 fully saturated rings. The number of aromatic nitrogens is 2. The third-order valence-corrected chi connectivity index (χ3v) is 5.47. The molecule has 6 heteroatoms. The molecule has 3 aromatic rings. The summed E-state index contributed by atoms with van der Waals surface area (Å²) in [7, 11) is 0. The summed E-state index contributed by atoms with van der Waals surface area (Å²) in [5, 5.41) is 8.64. The van der Waals surface area contributed by atoms with Crippen molar-refractivity contribution in [3.63, 3.8) is 0 Å². The van der Waals surface area contributed by atoms with Crippen molar-refractivity contribution in [2.45, 2.75) is 52.2 Å². The van der Waals surface area contributed by atoms with Crippen LogP contribution in [0.2, 0.25) is 0 Å². The number of carbonyl (C=O) groups is 1. The second-order valence-corrected chi connectivity index (χ2v) is 7.83. The number of hydrogen-bond donors (Lipinski definition) is 0. The third kappa shape index (κ3) is 4.62. The molecule has 3 rings (SSSR count). The molecule has 0 bridgehead atoms. The van der Waals surface area contributed by atoms with E-state index in [9.17, 15) is 4.79 Å². The van der Waals surface area contributed by atoms with Gasteiger partial charge in [0.25, 0.3) is 11.1 Å². The standard InChI is InChI=1S/C22H24N2O3S/c1-13-7-6-8-18(9-13)26-11-20-23-24-22(27-20)28-12-19-14(2)10-15(3)21(16(19)4)17(5)25/h6-10H,11-12H2,1-5H3. The van der Waals surface area contributed by atoms with Gasteiger partial charge in [-0.05, 0) is 74.6 Å². The molecule has 0 radical (unpaired) electrons. The maximum Gasteiger partial charge on any atom is 0.277 e. The van der Waals surface area contributed by atoms with Gasteiger partial charge in [0, 0.05) is 11.3 Å². The van der Waals surface area contributed by atoms with Gasteiger partial charge in [0.2, 0.25) is 0 Å². The quantitative estimate of drug-likeness (QED) is 0.395. The van der Waals surface area contributed by atoms with Crippen LogP contribution >= 0.6 is 11.8 Å². The van der Waals surface area contributed by atoms with E-state index in [1.165, 1.54) is 11.8 Å². The van der Waals surface area contributed by atoms with E-state index in [1.807, 2.05) is 45.0 Å². The number of benzene rings is 2. The maximum absolute atomic E-state index is 12.0. The molecule has 0 unspecified atom stereocenters. The number of rotatable bonds is 7. The second-order valence-electron chi connectivity index (χ2n) is 6.90. The first-order valence-electron chi connectivity index (χ1n) is 9.10. The van der Waals surface area contributed by atoms with Crippen LogP contribution in [0.3, 0.4) is 0 Å². The lowest BCUT2D eigenvalue weighted by molar-refractivity contribution is 0.101. The summed E-state index contributed by atoms with van der Waals surface area (Å²) in [4.78, 5) is 12.0. The first-order valence-corrected chi connectivity index (χ1v) is 10.1. The van der Waals surface area contributed by atoms with Crippen LogP contribution in [0.25, 0.3) is 0 Å². The summed E-state index contributed by atoms with van der Waals surface area (Å²) in [5.74, 6) is 1.97. The molecular formula is C22H24N2O3S. The number of Topliss-reactive ketones (excluding diaryl/α,β-unsaturated/α-hetero) is 1. The lowest BCUT2D eigenvalue weighted by Gasteiger charge is -2.15. The first-order chi connectivity index (χ1) is 13.3. The number of nitrogens with zero attached hydrogens (tertiary/aromatic N) is 2. The van der Waals surface area contributed by atoms with E-state index in [1.54, 1.807) is 6.92 Å². The van der Waals surface area contributed by atoms with Crippen LogP contribution in [-0.2, 0) is 12.4 Å². The van der Waals surface area contributed by atoms with E-state index in [-0.39, 0.29) is 12.4 Å². The Bertz CT molecular complexity index is 1010. The Morgan fingerprint density at radius 3 is 2.61 bits per heavy atom. The van der Waals surface area contributed by atoms with Crippen LogP contribution in [0.1, 0.15) is 51.0 Å². The summed E-state index contributed by atoms with van der Waals surface area (Å²) in [6, 6.07) is 9.88. The van der Waals surface area contributed by atoms with Gasteiger partial charge in [-0.25, -0.2) is 0 Å². The van der Waals surface area contributed by atoms with E-state index in [2.05, 4.69) is 23.2 Å². The van der Waals surface area contributed by atoms with Crippen LogP contribution in [0, 0.1) is 27.7 Å². The van der Waals surface area contributed by atoms with Gasteiger partial charge in [0.05, 0.1) is 0 Å². The van der Waals surface area contributed by atoms with Crippen LogP contribution in [0.4, 0.5) is 0 Å². The molecule has 0 aliphatic rings. The third-order valence-electron chi connectivity index (χ3n) is 4.62. The average Bonchev–Trinajstić information content (AvgIpc) is 3.07. The Kier molecular flexibility index (Phi) is 6.19. The molecule has 1 heterocycles. The van der Waals surface area contributed by atoms with Gasteiger partial charge in [-0.15, -0.1) is 10.2 Å². The minimum atomic E-state index is 0.0922. The Labute approximate surface area is 169 Å². The number of ketones is 1. The van der Waals surface area contributed by atoms with Crippen molar-refractivity contribution in [3.05, 3.63) is 69.6 Å². The highest BCUT2D eigenvalue weighted by Crippen LogP contribution is 2.29. The van der Waals surface area contributed by atoms with E-state index < -0.39 is 0 Å². The van der Waals surface area contributed by atoms with Crippen molar-refractivity contribution < 1.29 is 13.9 Å². The fourth-order valence-electron chi connectivity index (χ4n) is 3.33. The molecule has 0 atom stereocenters. The fourth-order valence-corrected chi connectivity index (χ4v) is 4.29. The summed E-state index contributed by atoms with van der Waals surface area (Å²) in [6.07, 6.45) is 0.